The van der Waals surface area contributed by atoms with Crippen LogP contribution in [-0.4, -0.2) is 9.55 Å². The number of hydrogen-bond acceptors (Lipinski definition) is 4. The number of ether oxygens (including phenoxy) is 1. The van der Waals surface area contributed by atoms with Crippen molar-refractivity contribution in [3.63, 3.8) is 0 Å². The van der Waals surface area contributed by atoms with Gasteiger partial charge in [0.25, 0.3) is 0 Å². The van der Waals surface area contributed by atoms with Crippen LogP contribution in [0.5, 0.6) is 11.5 Å². The Kier molecular flexibility index (Phi) is 10.6. The standard InChI is InChI=1S/C54H51N4O.Pt/c1-52(2,3)36-25-27-43(41-19-10-12-21-45(41)54(7,8)9)49(31-36)57-35-56(47-23-14-15-24-48(47)57)38-17-16-18-39(33-38)59-40-26-28-44-42-20-11-13-22-46(42)58(50(44)34-40)51-32-37(29-30-55-51)53(4,5)6;/h10-32,35H,1-9H3;/q-3;. The predicted molar refractivity (Wildman–Crippen MR) is 246 cm³/mol. The van der Waals surface area contributed by atoms with Crippen LogP contribution >= 0.6 is 0 Å². The molecule has 3 heterocycles. The molecule has 306 valence electrons. The third-order valence-corrected chi connectivity index (χ3v) is 11.4. The van der Waals surface area contributed by atoms with Gasteiger partial charge in [-0.05, 0) is 80.3 Å². The van der Waals surface area contributed by atoms with Gasteiger partial charge in [-0.15, -0.1) is 48.1 Å². The summed E-state index contributed by atoms with van der Waals surface area (Å²) in [5.74, 6) is 2.07. The van der Waals surface area contributed by atoms with Gasteiger partial charge < -0.3 is 19.1 Å². The Morgan fingerprint density at radius 1 is 0.533 bits per heavy atom. The zero-order valence-corrected chi connectivity index (χ0v) is 38.1. The van der Waals surface area contributed by atoms with E-state index < -0.39 is 0 Å². The number of rotatable bonds is 6. The van der Waals surface area contributed by atoms with Crippen molar-refractivity contribution in [3.05, 3.63) is 175 Å². The molecule has 0 amide bonds. The fourth-order valence-electron chi connectivity index (χ4n) is 8.23. The normalized spacial score (nSPS) is 13.2. The van der Waals surface area contributed by atoms with E-state index in [1.807, 2.05) is 24.4 Å². The summed E-state index contributed by atoms with van der Waals surface area (Å²) < 4.78 is 8.82. The molecule has 9 rings (SSSR count). The molecule has 0 spiro atoms. The molecule has 0 unspecified atom stereocenters. The van der Waals surface area contributed by atoms with Crippen molar-refractivity contribution in [2.45, 2.75) is 78.6 Å². The van der Waals surface area contributed by atoms with Gasteiger partial charge in [-0.2, -0.15) is 12.1 Å². The van der Waals surface area contributed by atoms with Gasteiger partial charge >= 0.3 is 0 Å². The molecule has 5 nitrogen and oxygen atoms in total. The third kappa shape index (κ3) is 7.54. The number of aromatic nitrogens is 2. The van der Waals surface area contributed by atoms with Crippen LogP contribution in [0.25, 0.3) is 38.8 Å². The molecule has 1 aliphatic rings. The number of anilines is 4. The molecular weight excluding hydrogens is 916 g/mol. The van der Waals surface area contributed by atoms with Crippen molar-refractivity contribution < 1.29 is 25.8 Å². The molecule has 0 N–H and O–H groups in total. The Morgan fingerprint density at radius 3 is 1.95 bits per heavy atom. The summed E-state index contributed by atoms with van der Waals surface area (Å²) in [6, 6.07) is 54.6. The molecular formula is C54H51N4OPt-3. The van der Waals surface area contributed by atoms with Crippen LogP contribution in [0.2, 0.25) is 0 Å². The molecule has 6 heteroatoms. The van der Waals surface area contributed by atoms with Crippen molar-refractivity contribution >= 4 is 44.6 Å². The number of pyridine rings is 1. The quantitative estimate of drug-likeness (QED) is 0.156. The second-order valence-corrected chi connectivity index (χ2v) is 18.7. The Morgan fingerprint density at radius 2 is 1.20 bits per heavy atom. The monoisotopic (exact) mass is 966 g/mol. The molecule has 8 aromatic rings. The first-order valence-corrected chi connectivity index (χ1v) is 20.5. The van der Waals surface area contributed by atoms with Crippen molar-refractivity contribution in [1.82, 2.24) is 9.55 Å². The minimum atomic E-state index is -0.0312. The van der Waals surface area contributed by atoms with Crippen molar-refractivity contribution in [2.24, 2.45) is 0 Å². The van der Waals surface area contributed by atoms with Gasteiger partial charge in [0.05, 0.1) is 0 Å². The summed E-state index contributed by atoms with van der Waals surface area (Å²) in [6.45, 7) is 22.6. The van der Waals surface area contributed by atoms with Gasteiger partial charge in [0, 0.05) is 66.9 Å². The molecule has 0 saturated carbocycles. The van der Waals surface area contributed by atoms with Crippen LogP contribution in [0.3, 0.4) is 0 Å². The van der Waals surface area contributed by atoms with Gasteiger partial charge in [-0.1, -0.05) is 135 Å². The molecule has 2 aromatic heterocycles. The molecule has 60 heavy (non-hydrogen) atoms. The van der Waals surface area contributed by atoms with Gasteiger partial charge in [0.15, 0.2) is 0 Å². The summed E-state index contributed by atoms with van der Waals surface area (Å²) in [4.78, 5) is 9.40. The smallest absolute Gasteiger partial charge is 0.135 e. The van der Waals surface area contributed by atoms with Gasteiger partial charge in [0.2, 0.25) is 0 Å². The number of hydrogen-bond donors (Lipinski definition) is 0. The molecule has 0 radical (unpaired) electrons. The molecule has 1 aliphatic heterocycles. The number of nitrogens with zero attached hydrogens (tertiary/aromatic N) is 4. The van der Waals surface area contributed by atoms with E-state index in [0.29, 0.717) is 11.5 Å². The largest absolute Gasteiger partial charge is 0.509 e. The Bertz CT molecular complexity index is 2870. The Hall–Kier alpha value is -5.64. The molecule has 0 aliphatic carbocycles. The van der Waals surface area contributed by atoms with E-state index >= 15 is 0 Å². The molecule has 0 atom stereocenters. The first-order chi connectivity index (χ1) is 28.1. The summed E-state index contributed by atoms with van der Waals surface area (Å²) in [7, 11) is 0. The first kappa shape index (κ1) is 41.1. The summed E-state index contributed by atoms with van der Waals surface area (Å²) in [6.07, 6.45) is 1.90. The predicted octanol–water partition coefficient (Wildman–Crippen LogP) is 14.5. The Labute approximate surface area is 369 Å². The maximum absolute atomic E-state index is 6.63. The van der Waals surface area contributed by atoms with E-state index in [-0.39, 0.29) is 37.3 Å². The number of benzene rings is 6. The van der Waals surface area contributed by atoms with Crippen LogP contribution in [0, 0.1) is 18.8 Å². The first-order valence-electron chi connectivity index (χ1n) is 20.5. The van der Waals surface area contributed by atoms with Gasteiger partial charge in [0.1, 0.15) is 5.82 Å². The van der Waals surface area contributed by atoms with Gasteiger partial charge in [-0.25, -0.2) is 4.98 Å². The zero-order chi connectivity index (χ0) is 41.3. The van der Waals surface area contributed by atoms with Crippen molar-refractivity contribution in [3.8, 4) is 28.4 Å². The van der Waals surface area contributed by atoms with Crippen LogP contribution in [-0.2, 0) is 37.3 Å². The third-order valence-electron chi connectivity index (χ3n) is 11.4. The van der Waals surface area contributed by atoms with E-state index in [4.69, 9.17) is 9.72 Å². The van der Waals surface area contributed by atoms with Gasteiger partial charge in [-0.3, -0.25) is 0 Å². The van der Waals surface area contributed by atoms with Crippen molar-refractivity contribution in [1.29, 1.82) is 0 Å². The van der Waals surface area contributed by atoms with Crippen LogP contribution < -0.4 is 14.5 Å². The minimum Gasteiger partial charge on any atom is -0.509 e. The SMILES string of the molecule is CC(C)(C)c1ccnc(-n2c3[c-]c(Oc4[c-]c(N5[CH-]N(c6cc(C(C)(C)C)ccc6-c6ccccc6C(C)(C)C)c6ccccc65)ccc4)ccc3c3ccccc32)c1.[Pt]. The van der Waals surface area contributed by atoms with Crippen LogP contribution in [0.15, 0.2) is 140 Å². The Balaban J connectivity index is 0.00000499. The summed E-state index contributed by atoms with van der Waals surface area (Å²) in [5.41, 5.74) is 12.3. The van der Waals surface area contributed by atoms with E-state index in [1.54, 1.807) is 0 Å². The van der Waals surface area contributed by atoms with E-state index in [9.17, 15) is 0 Å². The van der Waals surface area contributed by atoms with E-state index in [1.165, 1.54) is 27.8 Å². The van der Waals surface area contributed by atoms with Crippen LogP contribution in [0.1, 0.15) is 79.0 Å². The second-order valence-electron chi connectivity index (χ2n) is 18.7. The summed E-state index contributed by atoms with van der Waals surface area (Å²) >= 11 is 0. The zero-order valence-electron chi connectivity index (χ0n) is 35.9. The minimum absolute atomic E-state index is 0. The molecule has 0 bridgehead atoms. The number of fused-ring (bicyclic) bond motifs is 4. The average molecular weight is 967 g/mol. The average Bonchev–Trinajstić information content (AvgIpc) is 3.76. The second kappa shape index (κ2) is 15.4. The topological polar surface area (TPSA) is 33.5 Å². The maximum Gasteiger partial charge on any atom is 0.135 e. The maximum atomic E-state index is 6.63. The number of para-hydroxylation sites is 3. The fourth-order valence-corrected chi connectivity index (χ4v) is 8.23. The molecule has 6 aromatic carbocycles. The molecule has 0 saturated heterocycles. The van der Waals surface area contributed by atoms with E-state index in [2.05, 4.69) is 211 Å². The van der Waals surface area contributed by atoms with E-state index in [0.717, 1.165) is 50.4 Å². The molecule has 0 fully saturated rings. The van der Waals surface area contributed by atoms with Crippen molar-refractivity contribution in [2.75, 3.05) is 9.80 Å². The summed E-state index contributed by atoms with van der Waals surface area (Å²) in [5, 5.41) is 2.24. The fraction of sp³-hybridized carbons (Fsp3) is 0.222. The van der Waals surface area contributed by atoms with Crippen LogP contribution in [0.4, 0.5) is 22.7 Å².